The zero-order chi connectivity index (χ0) is 15.2. The van der Waals surface area contributed by atoms with Gasteiger partial charge in [0.05, 0.1) is 11.4 Å². The number of aryl methyl sites for hydroxylation is 1. The molecule has 0 aliphatic rings. The summed E-state index contributed by atoms with van der Waals surface area (Å²) in [6.07, 6.45) is 0. The van der Waals surface area contributed by atoms with Gasteiger partial charge in [-0.05, 0) is 42.2 Å². The van der Waals surface area contributed by atoms with Gasteiger partial charge >= 0.3 is 0 Å². The summed E-state index contributed by atoms with van der Waals surface area (Å²) < 4.78 is 5.97. The van der Waals surface area contributed by atoms with E-state index in [1.165, 1.54) is 16.0 Å². The summed E-state index contributed by atoms with van der Waals surface area (Å²) in [5.74, 6) is 7.38. The van der Waals surface area contributed by atoms with E-state index in [0.717, 1.165) is 10.6 Å². The summed E-state index contributed by atoms with van der Waals surface area (Å²) in [6.45, 7) is 7.43. The Hall–Kier alpha value is -1.76. The van der Waals surface area contributed by atoms with Crippen molar-refractivity contribution in [2.24, 2.45) is 5.73 Å². The fraction of sp³-hybridized carbons (Fsp3) is 0.333. The van der Waals surface area contributed by atoms with Gasteiger partial charge in [-0.15, -0.1) is 11.3 Å². The van der Waals surface area contributed by atoms with Crippen LogP contribution >= 0.6 is 11.3 Å². The first-order valence-corrected chi connectivity index (χ1v) is 7.92. The van der Waals surface area contributed by atoms with E-state index in [2.05, 4.69) is 56.9 Å². The molecule has 21 heavy (non-hydrogen) atoms. The second-order valence-corrected chi connectivity index (χ2v) is 6.41. The third kappa shape index (κ3) is 4.35. The molecule has 1 aromatic heterocycles. The minimum atomic E-state index is 0.394. The van der Waals surface area contributed by atoms with Crippen molar-refractivity contribution in [1.82, 2.24) is 0 Å². The highest BCUT2D eigenvalue weighted by Crippen LogP contribution is 2.26. The molecule has 0 saturated carbocycles. The van der Waals surface area contributed by atoms with Crippen LogP contribution in [-0.4, -0.2) is 6.54 Å². The Morgan fingerprint density at radius 1 is 1.24 bits per heavy atom. The van der Waals surface area contributed by atoms with Crippen molar-refractivity contribution in [3.8, 4) is 17.6 Å². The van der Waals surface area contributed by atoms with Crippen LogP contribution in [0.5, 0.6) is 5.75 Å². The first-order valence-electron chi connectivity index (χ1n) is 7.11. The average Bonchev–Trinajstić information content (AvgIpc) is 2.92. The molecule has 0 radical (unpaired) electrons. The second kappa shape index (κ2) is 7.31. The molecule has 110 valence electrons. The summed E-state index contributed by atoms with van der Waals surface area (Å²) in [7, 11) is 0. The zero-order valence-electron chi connectivity index (χ0n) is 12.8. The Morgan fingerprint density at radius 2 is 2.05 bits per heavy atom. The zero-order valence-corrected chi connectivity index (χ0v) is 13.6. The number of nitrogens with two attached hydrogens (primary N) is 1. The molecule has 2 N–H and O–H groups in total. The SMILES string of the molecule is Cc1ccc(C(C)C)cc1OCc1ccc(C#CCN)s1. The van der Waals surface area contributed by atoms with Crippen molar-refractivity contribution >= 4 is 11.3 Å². The lowest BCUT2D eigenvalue weighted by molar-refractivity contribution is 0.307. The number of thiophene rings is 1. The topological polar surface area (TPSA) is 35.2 Å². The lowest BCUT2D eigenvalue weighted by Gasteiger charge is -2.12. The summed E-state index contributed by atoms with van der Waals surface area (Å²) in [5, 5.41) is 0. The summed E-state index contributed by atoms with van der Waals surface area (Å²) in [4.78, 5) is 2.21. The van der Waals surface area contributed by atoms with E-state index in [-0.39, 0.29) is 0 Å². The molecular weight excluding hydrogens is 278 g/mol. The van der Waals surface area contributed by atoms with E-state index in [1.54, 1.807) is 11.3 Å². The number of hydrogen-bond acceptors (Lipinski definition) is 3. The largest absolute Gasteiger partial charge is 0.488 e. The highest BCUT2D eigenvalue weighted by molar-refractivity contribution is 7.12. The minimum Gasteiger partial charge on any atom is -0.488 e. The molecule has 2 rings (SSSR count). The Balaban J connectivity index is 2.05. The second-order valence-electron chi connectivity index (χ2n) is 5.24. The maximum Gasteiger partial charge on any atom is 0.123 e. The van der Waals surface area contributed by atoms with E-state index < -0.39 is 0 Å². The first-order chi connectivity index (χ1) is 10.1. The van der Waals surface area contributed by atoms with Crippen LogP contribution in [0.15, 0.2) is 30.3 Å². The minimum absolute atomic E-state index is 0.394. The molecule has 0 unspecified atom stereocenters. The molecule has 1 heterocycles. The maximum absolute atomic E-state index is 5.97. The van der Waals surface area contributed by atoms with Gasteiger partial charge in [0, 0.05) is 4.88 Å². The van der Waals surface area contributed by atoms with Gasteiger partial charge in [0.1, 0.15) is 12.4 Å². The van der Waals surface area contributed by atoms with E-state index in [0.29, 0.717) is 19.1 Å². The number of ether oxygens (including phenoxy) is 1. The van der Waals surface area contributed by atoms with Crippen LogP contribution in [0.1, 0.15) is 40.6 Å². The van der Waals surface area contributed by atoms with Crippen LogP contribution in [0.4, 0.5) is 0 Å². The standard InChI is InChI=1S/C18H21NOS/c1-13(2)15-7-6-14(3)18(11-15)20-12-17-9-8-16(21-17)5-4-10-19/h6-9,11,13H,10,12,19H2,1-3H3. The predicted octanol–water partition coefficient (Wildman–Crippen LogP) is 4.07. The monoisotopic (exact) mass is 299 g/mol. The van der Waals surface area contributed by atoms with Crippen LogP contribution in [0.2, 0.25) is 0 Å². The Bertz CT molecular complexity index is 661. The van der Waals surface area contributed by atoms with Crippen LogP contribution in [0.25, 0.3) is 0 Å². The molecular formula is C18H21NOS. The third-order valence-corrected chi connectivity index (χ3v) is 4.20. The van der Waals surface area contributed by atoms with Gasteiger partial charge in [-0.3, -0.25) is 0 Å². The molecule has 0 bridgehead atoms. The highest BCUT2D eigenvalue weighted by atomic mass is 32.1. The number of hydrogen-bond donors (Lipinski definition) is 1. The van der Waals surface area contributed by atoms with E-state index in [4.69, 9.17) is 10.5 Å². The van der Waals surface area contributed by atoms with Crippen molar-refractivity contribution in [2.75, 3.05) is 6.54 Å². The molecule has 0 aliphatic heterocycles. The molecule has 2 nitrogen and oxygen atoms in total. The van der Waals surface area contributed by atoms with Gasteiger partial charge in [-0.2, -0.15) is 0 Å². The van der Waals surface area contributed by atoms with Crippen LogP contribution in [0, 0.1) is 18.8 Å². The van der Waals surface area contributed by atoms with Gasteiger partial charge in [-0.25, -0.2) is 0 Å². The van der Waals surface area contributed by atoms with Gasteiger partial charge in [0.15, 0.2) is 0 Å². The highest BCUT2D eigenvalue weighted by Gasteiger charge is 2.06. The van der Waals surface area contributed by atoms with Crippen molar-refractivity contribution in [2.45, 2.75) is 33.3 Å². The smallest absolute Gasteiger partial charge is 0.123 e. The molecule has 0 spiro atoms. The predicted molar refractivity (Wildman–Crippen MR) is 89.9 cm³/mol. The van der Waals surface area contributed by atoms with E-state index in [1.807, 2.05) is 6.07 Å². The van der Waals surface area contributed by atoms with Gasteiger partial charge in [0.2, 0.25) is 0 Å². The van der Waals surface area contributed by atoms with Crippen molar-refractivity contribution in [1.29, 1.82) is 0 Å². The molecule has 0 fully saturated rings. The quantitative estimate of drug-likeness (QED) is 0.864. The Labute approximate surface area is 131 Å². The van der Waals surface area contributed by atoms with Gasteiger partial charge in [0.25, 0.3) is 0 Å². The summed E-state index contributed by atoms with van der Waals surface area (Å²) in [6, 6.07) is 10.5. The molecule has 0 saturated heterocycles. The van der Waals surface area contributed by atoms with Crippen molar-refractivity contribution < 1.29 is 4.74 Å². The van der Waals surface area contributed by atoms with Crippen LogP contribution < -0.4 is 10.5 Å². The van der Waals surface area contributed by atoms with Crippen molar-refractivity contribution in [3.05, 3.63) is 51.2 Å². The normalized spacial score (nSPS) is 10.3. The van der Waals surface area contributed by atoms with Crippen molar-refractivity contribution in [3.63, 3.8) is 0 Å². The summed E-state index contributed by atoms with van der Waals surface area (Å²) >= 11 is 1.65. The molecule has 3 heteroatoms. The lowest BCUT2D eigenvalue weighted by atomic mass is 10.0. The van der Waals surface area contributed by atoms with Crippen LogP contribution in [-0.2, 0) is 6.61 Å². The van der Waals surface area contributed by atoms with E-state index in [9.17, 15) is 0 Å². The first kappa shape index (κ1) is 15.6. The fourth-order valence-corrected chi connectivity index (χ4v) is 2.74. The average molecular weight is 299 g/mol. The Kier molecular flexibility index (Phi) is 5.44. The molecule has 1 aromatic carbocycles. The number of benzene rings is 1. The molecule has 0 atom stereocenters. The Morgan fingerprint density at radius 3 is 2.76 bits per heavy atom. The molecule has 0 aliphatic carbocycles. The van der Waals surface area contributed by atoms with Gasteiger partial charge < -0.3 is 10.5 Å². The molecule has 2 aromatic rings. The fourth-order valence-electron chi connectivity index (χ4n) is 1.94. The van der Waals surface area contributed by atoms with Gasteiger partial charge in [-0.1, -0.05) is 37.8 Å². The lowest BCUT2D eigenvalue weighted by Crippen LogP contribution is -1.97. The summed E-state index contributed by atoms with van der Waals surface area (Å²) in [5.41, 5.74) is 7.85. The number of rotatable bonds is 4. The van der Waals surface area contributed by atoms with Crippen LogP contribution in [0.3, 0.4) is 0 Å². The van der Waals surface area contributed by atoms with E-state index >= 15 is 0 Å². The maximum atomic E-state index is 5.97. The molecule has 0 amide bonds. The third-order valence-electron chi connectivity index (χ3n) is 3.22.